The molecular formula is C19H14ClN5O3S. The van der Waals surface area contributed by atoms with Gasteiger partial charge in [-0.25, -0.2) is 4.79 Å². The van der Waals surface area contributed by atoms with Gasteiger partial charge in [0, 0.05) is 23.7 Å². The van der Waals surface area contributed by atoms with Gasteiger partial charge in [-0.2, -0.15) is 0 Å². The summed E-state index contributed by atoms with van der Waals surface area (Å²) < 4.78 is 0. The second-order valence-corrected chi connectivity index (χ2v) is 7.64. The predicted molar refractivity (Wildman–Crippen MR) is 110 cm³/mol. The number of hydrogen-bond donors (Lipinski definition) is 2. The molecule has 4 amide bonds. The van der Waals surface area contributed by atoms with Gasteiger partial charge in [-0.15, -0.1) is 10.2 Å². The molecule has 0 saturated carbocycles. The Morgan fingerprint density at radius 1 is 0.966 bits per heavy atom. The van der Waals surface area contributed by atoms with E-state index >= 15 is 0 Å². The van der Waals surface area contributed by atoms with Crippen LogP contribution in [0.3, 0.4) is 0 Å². The molecule has 8 nitrogen and oxygen atoms in total. The first-order valence-corrected chi connectivity index (χ1v) is 9.82. The summed E-state index contributed by atoms with van der Waals surface area (Å²) in [5, 5.41) is 14.7. The maximum Gasteiger partial charge on any atom is 0.325 e. The van der Waals surface area contributed by atoms with Crippen molar-refractivity contribution in [1.29, 1.82) is 0 Å². The fourth-order valence-corrected chi connectivity index (χ4v) is 3.70. The van der Waals surface area contributed by atoms with Crippen LogP contribution in [0.25, 0.3) is 0 Å². The lowest BCUT2D eigenvalue weighted by atomic mass is 10.1. The third-order valence-electron chi connectivity index (χ3n) is 4.22. The van der Waals surface area contributed by atoms with Gasteiger partial charge in [0.1, 0.15) is 5.01 Å². The zero-order valence-electron chi connectivity index (χ0n) is 14.9. The molecule has 2 aromatic carbocycles. The Morgan fingerprint density at radius 3 is 2.28 bits per heavy atom. The largest absolute Gasteiger partial charge is 0.325 e. The molecule has 10 heteroatoms. The maximum absolute atomic E-state index is 12.4. The molecule has 2 N–H and O–H groups in total. The highest BCUT2D eigenvalue weighted by Gasteiger charge is 2.34. The average molecular weight is 428 g/mol. The minimum Gasteiger partial charge on any atom is -0.308 e. The number of carbonyl (C=O) groups is 3. The van der Waals surface area contributed by atoms with Crippen molar-refractivity contribution in [2.24, 2.45) is 0 Å². The number of imide groups is 1. The van der Waals surface area contributed by atoms with Gasteiger partial charge >= 0.3 is 6.03 Å². The van der Waals surface area contributed by atoms with Crippen molar-refractivity contribution in [3.05, 3.63) is 69.7 Å². The topological polar surface area (TPSA) is 104 Å². The van der Waals surface area contributed by atoms with Crippen LogP contribution in [0.5, 0.6) is 0 Å². The highest BCUT2D eigenvalue weighted by Crippen LogP contribution is 2.23. The number of hydrogen-bond acceptors (Lipinski definition) is 6. The zero-order valence-corrected chi connectivity index (χ0v) is 16.5. The molecule has 0 radical (unpaired) electrons. The molecule has 146 valence electrons. The number of rotatable bonds is 5. The van der Waals surface area contributed by atoms with E-state index in [0.29, 0.717) is 38.4 Å². The fraction of sp³-hybridized carbons (Fsp3) is 0.105. The van der Waals surface area contributed by atoms with Crippen LogP contribution in [0.1, 0.15) is 25.7 Å². The molecule has 2 heterocycles. The zero-order chi connectivity index (χ0) is 20.4. The van der Waals surface area contributed by atoms with E-state index in [2.05, 4.69) is 20.8 Å². The lowest BCUT2D eigenvalue weighted by molar-refractivity contribution is 0.0656. The summed E-state index contributed by atoms with van der Waals surface area (Å²) in [6.07, 6.45) is 0.351. The van der Waals surface area contributed by atoms with E-state index in [1.165, 1.54) is 16.2 Å². The fourth-order valence-electron chi connectivity index (χ4n) is 2.85. The Morgan fingerprint density at radius 2 is 1.62 bits per heavy atom. The van der Waals surface area contributed by atoms with Gasteiger partial charge in [-0.1, -0.05) is 35.1 Å². The lowest BCUT2D eigenvalue weighted by Crippen LogP contribution is -2.31. The van der Waals surface area contributed by atoms with Gasteiger partial charge in [0.25, 0.3) is 11.8 Å². The number of nitrogens with zero attached hydrogens (tertiary/aromatic N) is 3. The number of carbonyl (C=O) groups excluding carboxylic acids is 3. The Labute approximate surface area is 174 Å². The van der Waals surface area contributed by atoms with Crippen LogP contribution >= 0.6 is 22.9 Å². The summed E-state index contributed by atoms with van der Waals surface area (Å²) in [6.45, 7) is 0.192. The van der Waals surface area contributed by atoms with Gasteiger partial charge in [-0.3, -0.25) is 19.8 Å². The third kappa shape index (κ3) is 4.10. The predicted octanol–water partition coefficient (Wildman–Crippen LogP) is 3.67. The summed E-state index contributed by atoms with van der Waals surface area (Å²) in [6, 6.07) is 13.0. The summed E-state index contributed by atoms with van der Waals surface area (Å²) in [7, 11) is 0. The van der Waals surface area contributed by atoms with Crippen molar-refractivity contribution in [2.45, 2.75) is 6.42 Å². The van der Waals surface area contributed by atoms with Crippen LogP contribution in [-0.2, 0) is 6.42 Å². The minimum absolute atomic E-state index is 0.192. The molecule has 0 atom stereocenters. The number of benzene rings is 2. The summed E-state index contributed by atoms with van der Waals surface area (Å²) in [4.78, 5) is 38.0. The molecule has 0 fully saturated rings. The molecule has 29 heavy (non-hydrogen) atoms. The SMILES string of the molecule is O=C(Nc1ccc(Cl)cc1)Nc1nnc(CCN2C(=O)c3ccccc3C2=O)s1. The van der Waals surface area contributed by atoms with Crippen molar-refractivity contribution in [3.63, 3.8) is 0 Å². The van der Waals surface area contributed by atoms with Gasteiger partial charge in [0.15, 0.2) is 0 Å². The average Bonchev–Trinajstić information content (AvgIpc) is 3.25. The molecule has 1 aliphatic rings. The van der Waals surface area contributed by atoms with Gasteiger partial charge in [-0.05, 0) is 36.4 Å². The lowest BCUT2D eigenvalue weighted by Gasteiger charge is -2.12. The van der Waals surface area contributed by atoms with Crippen LogP contribution < -0.4 is 10.6 Å². The van der Waals surface area contributed by atoms with Crippen LogP contribution in [-0.4, -0.2) is 39.5 Å². The smallest absolute Gasteiger partial charge is 0.308 e. The number of halogens is 1. The molecule has 0 saturated heterocycles. The highest BCUT2D eigenvalue weighted by molar-refractivity contribution is 7.15. The minimum atomic E-state index is -0.463. The first-order chi connectivity index (χ1) is 14.0. The monoisotopic (exact) mass is 427 g/mol. The Kier molecular flexibility index (Phi) is 5.24. The highest BCUT2D eigenvalue weighted by atomic mass is 35.5. The van der Waals surface area contributed by atoms with Crippen LogP contribution in [0.4, 0.5) is 15.6 Å². The molecule has 0 aliphatic carbocycles. The number of aromatic nitrogens is 2. The summed E-state index contributed by atoms with van der Waals surface area (Å²) in [5.41, 5.74) is 1.41. The van der Waals surface area contributed by atoms with Crippen LogP contribution in [0, 0.1) is 0 Å². The van der Waals surface area contributed by atoms with Gasteiger partial charge in [0.2, 0.25) is 5.13 Å². The summed E-state index contributed by atoms with van der Waals surface area (Å²) in [5.74, 6) is -0.619. The van der Waals surface area contributed by atoms with Gasteiger partial charge in [0.05, 0.1) is 11.1 Å². The Balaban J connectivity index is 1.33. The molecule has 4 rings (SSSR count). The normalized spacial score (nSPS) is 12.8. The number of anilines is 2. The Hall–Kier alpha value is -3.30. The first kappa shape index (κ1) is 19.0. The second kappa shape index (κ2) is 7.98. The maximum atomic E-state index is 12.4. The number of urea groups is 1. The van der Waals surface area contributed by atoms with E-state index in [1.54, 1.807) is 48.5 Å². The van der Waals surface area contributed by atoms with E-state index in [1.807, 2.05) is 0 Å². The van der Waals surface area contributed by atoms with Crippen molar-refractivity contribution < 1.29 is 14.4 Å². The van der Waals surface area contributed by atoms with Crippen molar-refractivity contribution in [1.82, 2.24) is 15.1 Å². The molecule has 3 aromatic rings. The number of fused-ring (bicyclic) bond motifs is 1. The van der Waals surface area contributed by atoms with E-state index in [9.17, 15) is 14.4 Å². The molecule has 1 aromatic heterocycles. The molecule has 0 spiro atoms. The second-order valence-electron chi connectivity index (χ2n) is 6.14. The summed E-state index contributed by atoms with van der Waals surface area (Å²) >= 11 is 6.99. The van der Waals surface area contributed by atoms with Crippen molar-refractivity contribution in [3.8, 4) is 0 Å². The Bertz CT molecular complexity index is 1060. The van der Waals surface area contributed by atoms with Crippen molar-refractivity contribution in [2.75, 3.05) is 17.2 Å². The molecule has 0 bridgehead atoms. The van der Waals surface area contributed by atoms with Crippen LogP contribution in [0.15, 0.2) is 48.5 Å². The van der Waals surface area contributed by atoms with Crippen molar-refractivity contribution >= 4 is 51.6 Å². The number of nitrogens with one attached hydrogen (secondary N) is 2. The van der Waals surface area contributed by atoms with Crippen LogP contribution in [0.2, 0.25) is 5.02 Å². The quantitative estimate of drug-likeness (QED) is 0.604. The van der Waals surface area contributed by atoms with Gasteiger partial charge < -0.3 is 5.32 Å². The molecule has 1 aliphatic heterocycles. The standard InChI is InChI=1S/C19H14ClN5O3S/c20-11-5-7-12(8-6-11)21-18(28)22-19-24-23-15(29-19)9-10-25-16(26)13-3-1-2-4-14(13)17(25)27/h1-8H,9-10H2,(H2,21,22,24,28). The van der Waals surface area contributed by atoms with E-state index < -0.39 is 6.03 Å². The van der Waals surface area contributed by atoms with E-state index in [4.69, 9.17) is 11.6 Å². The third-order valence-corrected chi connectivity index (χ3v) is 5.37. The molecular weight excluding hydrogens is 414 g/mol. The van der Waals surface area contributed by atoms with E-state index in [-0.39, 0.29) is 18.4 Å². The first-order valence-electron chi connectivity index (χ1n) is 8.62. The molecule has 0 unspecified atom stereocenters. The van der Waals surface area contributed by atoms with E-state index in [0.717, 1.165) is 0 Å². The number of amides is 4.